The van der Waals surface area contributed by atoms with E-state index in [2.05, 4.69) is 21.8 Å². The number of anilines is 1. The lowest BCUT2D eigenvalue weighted by atomic mass is 10.0. The zero-order valence-corrected chi connectivity index (χ0v) is 11.7. The zero-order valence-electron chi connectivity index (χ0n) is 11.7. The van der Waals surface area contributed by atoms with Gasteiger partial charge in [-0.25, -0.2) is 4.68 Å². The summed E-state index contributed by atoms with van der Waals surface area (Å²) in [5, 5.41) is 10.6. The highest BCUT2D eigenvalue weighted by Gasteiger charge is 2.19. The van der Waals surface area contributed by atoms with E-state index in [1.54, 1.807) is 4.68 Å². The molecule has 0 spiro atoms. The number of hydrogen-bond acceptors (Lipinski definition) is 3. The Kier molecular flexibility index (Phi) is 3.28. The third-order valence-electron chi connectivity index (χ3n) is 3.58. The van der Waals surface area contributed by atoms with Crippen LogP contribution in [0.15, 0.2) is 24.3 Å². The van der Waals surface area contributed by atoms with Gasteiger partial charge in [-0.3, -0.25) is 4.79 Å². The van der Waals surface area contributed by atoms with Gasteiger partial charge in [0.1, 0.15) is 5.82 Å². The summed E-state index contributed by atoms with van der Waals surface area (Å²) >= 11 is 0. The number of amides is 1. The Morgan fingerprint density at radius 3 is 3.10 bits per heavy atom. The predicted octanol–water partition coefficient (Wildman–Crippen LogP) is 2.07. The molecule has 2 heterocycles. The van der Waals surface area contributed by atoms with Gasteiger partial charge in [-0.2, -0.15) is 5.10 Å². The normalized spacial score (nSPS) is 13.3. The fourth-order valence-corrected chi connectivity index (χ4v) is 2.61. The summed E-state index contributed by atoms with van der Waals surface area (Å²) in [6.07, 6.45) is 0. The highest BCUT2D eigenvalue weighted by Crippen LogP contribution is 2.21. The maximum atomic E-state index is 12.5. The highest BCUT2D eigenvalue weighted by molar-refractivity contribution is 6.05. The molecule has 2 aromatic rings. The van der Waals surface area contributed by atoms with Gasteiger partial charge >= 0.3 is 0 Å². The maximum Gasteiger partial charge on any atom is 0.257 e. The quantitative estimate of drug-likeness (QED) is 0.897. The fourth-order valence-electron chi connectivity index (χ4n) is 2.61. The smallest absolute Gasteiger partial charge is 0.257 e. The standard InChI is InChI=1S/C15H18N4O/c1-3-19-14(7-10(2)18-19)17-15(20)12-6-4-5-11-8-16-9-13(11)12/h4-7,16H,3,8-9H2,1-2H3,(H,17,20). The molecule has 0 aliphatic carbocycles. The highest BCUT2D eigenvalue weighted by atomic mass is 16.1. The van der Waals surface area contributed by atoms with Gasteiger partial charge in [0.05, 0.1) is 5.69 Å². The first-order valence-electron chi connectivity index (χ1n) is 6.86. The van der Waals surface area contributed by atoms with E-state index in [1.165, 1.54) is 5.56 Å². The van der Waals surface area contributed by atoms with Crippen molar-refractivity contribution in [2.45, 2.75) is 33.5 Å². The minimum atomic E-state index is -0.0693. The first kappa shape index (κ1) is 12.9. The molecule has 0 saturated heterocycles. The van der Waals surface area contributed by atoms with Gasteiger partial charge in [0.25, 0.3) is 5.91 Å². The Bertz CT molecular complexity index is 660. The van der Waals surface area contributed by atoms with Crippen LogP contribution < -0.4 is 10.6 Å². The molecule has 0 fully saturated rings. The Morgan fingerprint density at radius 1 is 1.45 bits per heavy atom. The largest absolute Gasteiger partial charge is 0.309 e. The van der Waals surface area contributed by atoms with Gasteiger partial charge in [0, 0.05) is 31.3 Å². The number of carbonyl (C=O) groups excluding carboxylic acids is 1. The molecule has 0 saturated carbocycles. The molecule has 1 aliphatic heterocycles. The van der Waals surface area contributed by atoms with E-state index in [4.69, 9.17) is 0 Å². The molecule has 0 radical (unpaired) electrons. The van der Waals surface area contributed by atoms with Crippen LogP contribution in [0, 0.1) is 6.92 Å². The van der Waals surface area contributed by atoms with Crippen LogP contribution in [0.25, 0.3) is 0 Å². The zero-order chi connectivity index (χ0) is 14.1. The Labute approximate surface area is 118 Å². The topological polar surface area (TPSA) is 59.0 Å². The Balaban J connectivity index is 1.88. The summed E-state index contributed by atoms with van der Waals surface area (Å²) in [5.41, 5.74) is 3.96. The van der Waals surface area contributed by atoms with E-state index in [-0.39, 0.29) is 5.91 Å². The average Bonchev–Trinajstić information content (AvgIpc) is 3.04. The molecule has 5 nitrogen and oxygen atoms in total. The van der Waals surface area contributed by atoms with Crippen LogP contribution in [-0.4, -0.2) is 15.7 Å². The van der Waals surface area contributed by atoms with E-state index < -0.39 is 0 Å². The number of nitrogens with zero attached hydrogens (tertiary/aromatic N) is 2. The van der Waals surface area contributed by atoms with Crippen molar-refractivity contribution in [3.63, 3.8) is 0 Å². The third kappa shape index (κ3) is 2.20. The van der Waals surface area contributed by atoms with Crippen LogP contribution >= 0.6 is 0 Å². The molecule has 1 aliphatic rings. The molecule has 104 valence electrons. The summed E-state index contributed by atoms with van der Waals surface area (Å²) in [6.45, 7) is 6.25. The van der Waals surface area contributed by atoms with Gasteiger partial charge in [-0.15, -0.1) is 0 Å². The first-order chi connectivity index (χ1) is 9.69. The SMILES string of the molecule is CCn1nc(C)cc1NC(=O)c1cccc2c1CNC2. The lowest BCUT2D eigenvalue weighted by Crippen LogP contribution is -2.17. The molecular weight excluding hydrogens is 252 g/mol. The number of hydrogen-bond donors (Lipinski definition) is 2. The van der Waals surface area contributed by atoms with Gasteiger partial charge < -0.3 is 10.6 Å². The second kappa shape index (κ2) is 5.09. The summed E-state index contributed by atoms with van der Waals surface area (Å²) in [5.74, 6) is 0.679. The molecule has 5 heteroatoms. The van der Waals surface area contributed by atoms with Crippen molar-refractivity contribution in [1.82, 2.24) is 15.1 Å². The molecular formula is C15H18N4O. The van der Waals surface area contributed by atoms with Crippen molar-refractivity contribution in [3.8, 4) is 0 Å². The first-order valence-corrected chi connectivity index (χ1v) is 6.86. The minimum Gasteiger partial charge on any atom is -0.309 e. The summed E-state index contributed by atoms with van der Waals surface area (Å²) in [4.78, 5) is 12.5. The van der Waals surface area contributed by atoms with Gasteiger partial charge in [0.2, 0.25) is 0 Å². The summed E-state index contributed by atoms with van der Waals surface area (Å²) in [7, 11) is 0. The molecule has 0 atom stereocenters. The minimum absolute atomic E-state index is 0.0693. The van der Waals surface area contributed by atoms with Crippen molar-refractivity contribution in [3.05, 3.63) is 46.6 Å². The predicted molar refractivity (Wildman–Crippen MR) is 77.6 cm³/mol. The number of benzene rings is 1. The average molecular weight is 270 g/mol. The third-order valence-corrected chi connectivity index (χ3v) is 3.58. The van der Waals surface area contributed by atoms with Crippen LogP contribution in [0.2, 0.25) is 0 Å². The molecule has 1 aromatic carbocycles. The van der Waals surface area contributed by atoms with E-state index in [0.717, 1.165) is 42.3 Å². The second-order valence-electron chi connectivity index (χ2n) is 4.99. The summed E-state index contributed by atoms with van der Waals surface area (Å²) < 4.78 is 1.80. The van der Waals surface area contributed by atoms with E-state index in [9.17, 15) is 4.79 Å². The Morgan fingerprint density at radius 2 is 2.30 bits per heavy atom. The monoisotopic (exact) mass is 270 g/mol. The molecule has 1 amide bonds. The van der Waals surface area contributed by atoms with E-state index in [1.807, 2.05) is 32.0 Å². The molecule has 2 N–H and O–H groups in total. The number of aromatic nitrogens is 2. The fraction of sp³-hybridized carbons (Fsp3) is 0.333. The lowest BCUT2D eigenvalue weighted by Gasteiger charge is -2.09. The number of carbonyl (C=O) groups is 1. The maximum absolute atomic E-state index is 12.5. The summed E-state index contributed by atoms with van der Waals surface area (Å²) in [6, 6.07) is 7.76. The van der Waals surface area contributed by atoms with Gasteiger partial charge in [-0.05, 0) is 31.0 Å². The van der Waals surface area contributed by atoms with Gasteiger partial charge in [0.15, 0.2) is 0 Å². The van der Waals surface area contributed by atoms with Crippen molar-refractivity contribution in [2.24, 2.45) is 0 Å². The molecule has 0 unspecified atom stereocenters. The number of aryl methyl sites for hydroxylation is 2. The lowest BCUT2D eigenvalue weighted by molar-refractivity contribution is 0.102. The molecule has 1 aromatic heterocycles. The number of rotatable bonds is 3. The van der Waals surface area contributed by atoms with Crippen LogP contribution in [0.4, 0.5) is 5.82 Å². The number of fused-ring (bicyclic) bond motifs is 1. The number of nitrogens with one attached hydrogen (secondary N) is 2. The van der Waals surface area contributed by atoms with E-state index >= 15 is 0 Å². The Hall–Kier alpha value is -2.14. The second-order valence-corrected chi connectivity index (χ2v) is 4.99. The van der Waals surface area contributed by atoms with Gasteiger partial charge in [-0.1, -0.05) is 12.1 Å². The van der Waals surface area contributed by atoms with E-state index in [0.29, 0.717) is 0 Å². The van der Waals surface area contributed by atoms with Crippen LogP contribution in [0.1, 0.15) is 34.1 Å². The molecule has 0 bridgehead atoms. The van der Waals surface area contributed by atoms with Crippen molar-refractivity contribution < 1.29 is 4.79 Å². The molecule has 20 heavy (non-hydrogen) atoms. The van der Waals surface area contributed by atoms with Crippen molar-refractivity contribution >= 4 is 11.7 Å². The molecule has 3 rings (SSSR count). The van der Waals surface area contributed by atoms with Crippen molar-refractivity contribution in [1.29, 1.82) is 0 Å². The van der Waals surface area contributed by atoms with Crippen LogP contribution in [-0.2, 0) is 19.6 Å². The van der Waals surface area contributed by atoms with Crippen LogP contribution in [0.3, 0.4) is 0 Å². The van der Waals surface area contributed by atoms with Crippen molar-refractivity contribution in [2.75, 3.05) is 5.32 Å². The van der Waals surface area contributed by atoms with Crippen LogP contribution in [0.5, 0.6) is 0 Å².